The van der Waals surface area contributed by atoms with Crippen LogP contribution in [0.1, 0.15) is 35.1 Å². The Kier molecular flexibility index (Phi) is 4.08. The third kappa shape index (κ3) is 3.13. The quantitative estimate of drug-likeness (QED) is 0.734. The van der Waals surface area contributed by atoms with Gasteiger partial charge >= 0.3 is 5.69 Å². The van der Waals surface area contributed by atoms with E-state index in [0.717, 1.165) is 12.8 Å². The highest BCUT2D eigenvalue weighted by Crippen LogP contribution is 2.34. The molecule has 4 rings (SSSR count). The molecule has 0 aliphatic heterocycles. The van der Waals surface area contributed by atoms with E-state index in [4.69, 9.17) is 0 Å². The lowest BCUT2D eigenvalue weighted by Gasteiger charge is -2.08. The molecule has 0 bridgehead atoms. The average Bonchev–Trinajstić information content (AvgIpc) is 3.43. The van der Waals surface area contributed by atoms with Gasteiger partial charge in [0.15, 0.2) is 5.82 Å². The van der Waals surface area contributed by atoms with Crippen molar-refractivity contribution in [2.24, 2.45) is 0 Å². The standard InChI is InChI=1S/C18H16FN5O2/c19-15-9-12(1-4-14(15)11-5-7-20-8-6-11)17(25)21-10-16-22-23-18(26)24(16)13-2-3-13/h1,4-9,13H,2-3,10H2,(H,21,25)(H,23,26). The molecular weight excluding hydrogens is 337 g/mol. The Morgan fingerprint density at radius 1 is 1.27 bits per heavy atom. The highest BCUT2D eigenvalue weighted by Gasteiger charge is 2.28. The minimum atomic E-state index is -0.487. The van der Waals surface area contributed by atoms with Crippen LogP contribution in [0, 0.1) is 5.82 Å². The Morgan fingerprint density at radius 3 is 2.73 bits per heavy atom. The van der Waals surface area contributed by atoms with E-state index in [1.165, 1.54) is 6.07 Å². The number of carbonyl (C=O) groups is 1. The minimum absolute atomic E-state index is 0.0990. The molecule has 1 aliphatic rings. The van der Waals surface area contributed by atoms with E-state index in [1.54, 1.807) is 41.2 Å². The first-order chi connectivity index (χ1) is 12.6. The van der Waals surface area contributed by atoms with Crippen molar-refractivity contribution in [1.29, 1.82) is 0 Å². The van der Waals surface area contributed by atoms with Crippen molar-refractivity contribution in [3.05, 3.63) is 70.4 Å². The number of carbonyl (C=O) groups excluding carboxylic acids is 1. The zero-order chi connectivity index (χ0) is 18.1. The second-order valence-electron chi connectivity index (χ2n) is 6.16. The van der Waals surface area contributed by atoms with E-state index < -0.39 is 11.7 Å². The predicted molar refractivity (Wildman–Crippen MR) is 91.9 cm³/mol. The van der Waals surface area contributed by atoms with E-state index in [1.807, 2.05) is 0 Å². The number of amides is 1. The second-order valence-corrected chi connectivity index (χ2v) is 6.16. The topological polar surface area (TPSA) is 92.7 Å². The largest absolute Gasteiger partial charge is 0.345 e. The number of H-pyrrole nitrogens is 1. The SMILES string of the molecule is O=C(NCc1n[nH]c(=O)n1C1CC1)c1ccc(-c2ccncc2)c(F)c1. The van der Waals surface area contributed by atoms with Crippen LogP contribution in [0.25, 0.3) is 11.1 Å². The van der Waals surface area contributed by atoms with Crippen LogP contribution in [0.2, 0.25) is 0 Å². The van der Waals surface area contributed by atoms with Crippen molar-refractivity contribution in [1.82, 2.24) is 25.1 Å². The minimum Gasteiger partial charge on any atom is -0.345 e. The third-order valence-electron chi connectivity index (χ3n) is 4.32. The van der Waals surface area contributed by atoms with Gasteiger partial charge in [0.05, 0.1) is 6.54 Å². The van der Waals surface area contributed by atoms with Gasteiger partial charge in [-0.3, -0.25) is 14.3 Å². The van der Waals surface area contributed by atoms with E-state index >= 15 is 0 Å². The fourth-order valence-corrected chi connectivity index (χ4v) is 2.85. The highest BCUT2D eigenvalue weighted by molar-refractivity contribution is 5.94. The molecular formula is C18H16FN5O2. The van der Waals surface area contributed by atoms with Gasteiger partial charge in [0.2, 0.25) is 0 Å². The summed E-state index contributed by atoms with van der Waals surface area (Å²) in [6.07, 6.45) is 5.03. The highest BCUT2D eigenvalue weighted by atomic mass is 19.1. The molecule has 0 spiro atoms. The van der Waals surface area contributed by atoms with Crippen LogP contribution < -0.4 is 11.0 Å². The van der Waals surface area contributed by atoms with Gasteiger partial charge in [-0.05, 0) is 42.7 Å². The van der Waals surface area contributed by atoms with Crippen LogP contribution in [0.5, 0.6) is 0 Å². The summed E-state index contributed by atoms with van der Waals surface area (Å²) in [7, 11) is 0. The van der Waals surface area contributed by atoms with Gasteiger partial charge in [0, 0.05) is 29.6 Å². The number of benzene rings is 1. The molecule has 1 fully saturated rings. The van der Waals surface area contributed by atoms with Gasteiger partial charge in [0.25, 0.3) is 5.91 Å². The molecule has 8 heteroatoms. The average molecular weight is 353 g/mol. The van der Waals surface area contributed by atoms with E-state index in [0.29, 0.717) is 17.0 Å². The van der Waals surface area contributed by atoms with Gasteiger partial charge in [0.1, 0.15) is 5.82 Å². The molecule has 3 aromatic rings. The molecule has 1 saturated carbocycles. The molecule has 1 aromatic carbocycles. The fourth-order valence-electron chi connectivity index (χ4n) is 2.85. The molecule has 1 amide bonds. The van der Waals surface area contributed by atoms with Gasteiger partial charge < -0.3 is 5.32 Å². The normalized spacial score (nSPS) is 13.6. The lowest BCUT2D eigenvalue weighted by atomic mass is 10.0. The molecule has 26 heavy (non-hydrogen) atoms. The fraction of sp³-hybridized carbons (Fsp3) is 0.222. The van der Waals surface area contributed by atoms with Gasteiger partial charge in [-0.1, -0.05) is 6.07 Å². The van der Waals surface area contributed by atoms with Gasteiger partial charge in [-0.15, -0.1) is 0 Å². The monoisotopic (exact) mass is 353 g/mol. The number of halogens is 1. The number of aromatic nitrogens is 4. The molecule has 2 heterocycles. The Bertz CT molecular complexity index is 1010. The molecule has 2 aromatic heterocycles. The lowest BCUT2D eigenvalue weighted by Crippen LogP contribution is -2.26. The Hall–Kier alpha value is -3.29. The predicted octanol–water partition coefficient (Wildman–Crippen LogP) is 2.04. The summed E-state index contributed by atoms with van der Waals surface area (Å²) in [5.41, 5.74) is 1.02. The maximum atomic E-state index is 14.4. The summed E-state index contributed by atoms with van der Waals surface area (Å²) in [5, 5.41) is 9.02. The van der Waals surface area contributed by atoms with Crippen LogP contribution in [0.3, 0.4) is 0 Å². The van der Waals surface area contributed by atoms with Crippen molar-refractivity contribution in [3.8, 4) is 11.1 Å². The van der Waals surface area contributed by atoms with Crippen molar-refractivity contribution in [2.45, 2.75) is 25.4 Å². The molecule has 0 atom stereocenters. The summed E-state index contributed by atoms with van der Waals surface area (Å²) >= 11 is 0. The summed E-state index contributed by atoms with van der Waals surface area (Å²) < 4.78 is 15.9. The number of pyridine rings is 1. The van der Waals surface area contributed by atoms with Crippen LogP contribution in [0.4, 0.5) is 4.39 Å². The zero-order valence-electron chi connectivity index (χ0n) is 13.8. The van der Waals surface area contributed by atoms with E-state index in [9.17, 15) is 14.0 Å². The van der Waals surface area contributed by atoms with Crippen LogP contribution in [-0.4, -0.2) is 25.7 Å². The lowest BCUT2D eigenvalue weighted by molar-refractivity contribution is 0.0949. The summed E-state index contributed by atoms with van der Waals surface area (Å²) in [5.74, 6) is -0.443. The second kappa shape index (κ2) is 6.55. The molecule has 132 valence electrons. The number of rotatable bonds is 5. The van der Waals surface area contributed by atoms with Crippen LogP contribution in [-0.2, 0) is 6.54 Å². The first kappa shape index (κ1) is 16.2. The number of hydrogen-bond donors (Lipinski definition) is 2. The molecule has 1 aliphatic carbocycles. The molecule has 2 N–H and O–H groups in total. The van der Waals surface area contributed by atoms with Gasteiger partial charge in [-0.2, -0.15) is 5.10 Å². The van der Waals surface area contributed by atoms with Crippen molar-refractivity contribution < 1.29 is 9.18 Å². The molecule has 7 nitrogen and oxygen atoms in total. The Labute approximate surface area is 147 Å². The van der Waals surface area contributed by atoms with E-state index in [-0.39, 0.29) is 23.8 Å². The molecule has 0 radical (unpaired) electrons. The zero-order valence-corrected chi connectivity index (χ0v) is 13.8. The summed E-state index contributed by atoms with van der Waals surface area (Å²) in [4.78, 5) is 27.9. The van der Waals surface area contributed by atoms with Crippen LogP contribution in [0.15, 0.2) is 47.5 Å². The number of nitrogens with one attached hydrogen (secondary N) is 2. The summed E-state index contributed by atoms with van der Waals surface area (Å²) in [6, 6.07) is 7.88. The number of aromatic amines is 1. The first-order valence-corrected chi connectivity index (χ1v) is 8.27. The van der Waals surface area contributed by atoms with Crippen LogP contribution >= 0.6 is 0 Å². The third-order valence-corrected chi connectivity index (χ3v) is 4.32. The summed E-state index contributed by atoms with van der Waals surface area (Å²) in [6.45, 7) is 0.0990. The molecule has 0 unspecified atom stereocenters. The number of hydrogen-bond acceptors (Lipinski definition) is 4. The van der Waals surface area contributed by atoms with Crippen molar-refractivity contribution in [3.63, 3.8) is 0 Å². The Balaban J connectivity index is 1.49. The number of nitrogens with zero attached hydrogens (tertiary/aromatic N) is 3. The van der Waals surface area contributed by atoms with Crippen molar-refractivity contribution >= 4 is 5.91 Å². The maximum Gasteiger partial charge on any atom is 0.343 e. The smallest absolute Gasteiger partial charge is 0.343 e. The van der Waals surface area contributed by atoms with Gasteiger partial charge in [-0.25, -0.2) is 14.3 Å². The van der Waals surface area contributed by atoms with E-state index in [2.05, 4.69) is 20.5 Å². The maximum absolute atomic E-state index is 14.4. The Morgan fingerprint density at radius 2 is 2.04 bits per heavy atom. The molecule has 0 saturated heterocycles. The first-order valence-electron chi connectivity index (χ1n) is 8.27. The van der Waals surface area contributed by atoms with Crippen molar-refractivity contribution in [2.75, 3.05) is 0 Å².